The third-order valence-corrected chi connectivity index (χ3v) is 16.4. The maximum Gasteiger partial charge on any atom is 0.335 e. The molecule has 9 rings (SSSR count). The van der Waals surface area contributed by atoms with E-state index in [-0.39, 0.29) is 104 Å². The zero-order valence-electron chi connectivity index (χ0n) is 60.2. The molecule has 0 aliphatic carbocycles. The van der Waals surface area contributed by atoms with Gasteiger partial charge in [-0.1, -0.05) is 102 Å². The van der Waals surface area contributed by atoms with Crippen molar-refractivity contribution in [2.45, 2.75) is 98.4 Å². The molecule has 6 atom stereocenters. The van der Waals surface area contributed by atoms with E-state index < -0.39 is 65.6 Å². The van der Waals surface area contributed by atoms with Crippen LogP contribution in [0.2, 0.25) is 0 Å². The summed E-state index contributed by atoms with van der Waals surface area (Å²) in [5.41, 5.74) is 8.99. The maximum absolute atomic E-state index is 13.6. The van der Waals surface area contributed by atoms with Crippen LogP contribution in [0.4, 0.5) is 43.4 Å². The molecule has 9 aromatic rings. The van der Waals surface area contributed by atoms with Crippen LogP contribution in [0.5, 0.6) is 0 Å². The van der Waals surface area contributed by atoms with Crippen molar-refractivity contribution in [2.75, 3.05) is 42.4 Å². The molecule has 0 aliphatic heterocycles. The Kier molecular flexibility index (Phi) is 33.8. The number of carbonyl (C=O) groups excluding carboxylic acids is 7. The van der Waals surface area contributed by atoms with Gasteiger partial charge >= 0.3 is 17.9 Å². The molecule has 0 spiro atoms. The van der Waals surface area contributed by atoms with E-state index in [9.17, 15) is 59.9 Å². The Morgan fingerprint density at radius 3 is 1.14 bits per heavy atom. The summed E-state index contributed by atoms with van der Waals surface area (Å²) in [7, 11) is 0. The highest BCUT2D eigenvalue weighted by molar-refractivity contribution is 6.07. The minimum absolute atomic E-state index is 0.0182. The van der Waals surface area contributed by atoms with Crippen LogP contribution in [0.3, 0.4) is 0 Å². The van der Waals surface area contributed by atoms with Crippen LogP contribution in [0.25, 0.3) is 0 Å². The van der Waals surface area contributed by atoms with Gasteiger partial charge in [0.1, 0.15) is 46.8 Å². The number of hydrogen-bond donors (Lipinski definition) is 3. The molecule has 0 amide bonds. The Morgan fingerprint density at radius 1 is 0.425 bits per heavy atom. The molecule has 554 valence electrons. The van der Waals surface area contributed by atoms with Gasteiger partial charge in [0, 0.05) is 40.2 Å². The second-order valence-electron chi connectivity index (χ2n) is 24.5. The van der Waals surface area contributed by atoms with Crippen molar-refractivity contribution in [2.24, 2.45) is 11.8 Å². The predicted octanol–water partition coefficient (Wildman–Crippen LogP) is 19.1. The third-order valence-electron chi connectivity index (χ3n) is 16.4. The lowest BCUT2D eigenvalue weighted by Crippen LogP contribution is -2.36. The van der Waals surface area contributed by atoms with Crippen LogP contribution in [0.1, 0.15) is 136 Å². The topological polar surface area (TPSA) is 192 Å². The Morgan fingerprint density at radius 2 is 0.764 bits per heavy atom. The standard InChI is InChI=1S/C30H31F2NO4.C27H27F2NO3.C19H20FNO2.C10H9FO2/c1-4-18-37-27(29(34)22-10-12-23(31)13-11-22)19-26(30(35)36-5-2)28(21-8-6-20(3)7-9-21)33-25-16-14-24(32)15-17-25;1-3-33-27(32)24(16-17-25(31)19-8-10-21(28)11-9-19)26(20-6-4-18(2)5-7-20)30-23-14-12-22(29)13-15-23;1-4-23-19(22)14(3)18(15-7-5-13(2)6-8-15)21-17-11-9-16(20)10-12-17;1-7(12)6-10(13)8-2-4-9(11)5-3-8/h4,6-17,26-28,33H,1,5,18-19H2,2-3H3;4-15,24,26,30H,3,16-17H2,1-2H3;5-12,18,21H,3-4H2,1-2H3;2-5H,6H2,1H3/t26?,27?,28-;24?,26-;18-;/m001./s1. The first kappa shape index (κ1) is 83.4. The van der Waals surface area contributed by atoms with E-state index in [1.807, 2.05) is 93.6 Å². The van der Waals surface area contributed by atoms with Crippen LogP contribution < -0.4 is 16.0 Å². The van der Waals surface area contributed by atoms with E-state index >= 15 is 0 Å². The van der Waals surface area contributed by atoms with Gasteiger partial charge in [-0.15, -0.1) is 6.58 Å². The Labute approximate surface area is 614 Å². The summed E-state index contributed by atoms with van der Waals surface area (Å²) >= 11 is 0. The molecule has 14 nitrogen and oxygen atoms in total. The number of benzene rings is 9. The van der Waals surface area contributed by atoms with Crippen molar-refractivity contribution in [1.82, 2.24) is 0 Å². The monoisotopic (exact) mass is 1450 g/mol. The molecular weight excluding hydrogens is 1360 g/mol. The van der Waals surface area contributed by atoms with E-state index in [4.69, 9.17) is 18.9 Å². The number of halogens is 6. The van der Waals surface area contributed by atoms with Crippen molar-refractivity contribution in [1.29, 1.82) is 0 Å². The fourth-order valence-electron chi connectivity index (χ4n) is 10.8. The van der Waals surface area contributed by atoms with Crippen LogP contribution in [-0.2, 0) is 38.1 Å². The molecule has 3 unspecified atom stereocenters. The van der Waals surface area contributed by atoms with Crippen molar-refractivity contribution in [3.8, 4) is 0 Å². The maximum atomic E-state index is 13.6. The summed E-state index contributed by atoms with van der Waals surface area (Å²) in [6.07, 6.45) is 0.658. The van der Waals surface area contributed by atoms with Gasteiger partial charge in [-0.25, -0.2) is 31.1 Å². The molecule has 0 heterocycles. The molecule has 0 aliphatic rings. The minimum Gasteiger partial charge on any atom is -0.466 e. The van der Waals surface area contributed by atoms with Gasteiger partial charge in [0.2, 0.25) is 0 Å². The second kappa shape index (κ2) is 42.9. The molecule has 0 saturated heterocycles. The summed E-state index contributed by atoms with van der Waals surface area (Å²) < 4.78 is 101. The predicted molar refractivity (Wildman–Crippen MR) is 399 cm³/mol. The molecule has 0 aromatic heterocycles. The first-order chi connectivity index (χ1) is 50.8. The van der Waals surface area contributed by atoms with Crippen molar-refractivity contribution in [3.63, 3.8) is 0 Å². The third kappa shape index (κ3) is 27.3. The highest BCUT2D eigenvalue weighted by atomic mass is 19.1. The number of ether oxygens (including phenoxy) is 4. The number of anilines is 3. The minimum atomic E-state index is -1.03. The van der Waals surface area contributed by atoms with E-state index in [1.54, 1.807) is 57.2 Å². The van der Waals surface area contributed by atoms with Gasteiger partial charge in [0.05, 0.1) is 68.4 Å². The van der Waals surface area contributed by atoms with Gasteiger partial charge in [-0.2, -0.15) is 0 Å². The van der Waals surface area contributed by atoms with Crippen molar-refractivity contribution in [3.05, 3.63) is 328 Å². The number of nitrogens with one attached hydrogen (secondary N) is 3. The molecular formula is C86H87F6N3O11. The number of ketones is 4. The fraction of sp³-hybridized carbons (Fsp3) is 0.244. The first-order valence-corrected chi connectivity index (χ1v) is 34.3. The van der Waals surface area contributed by atoms with Crippen LogP contribution in [0.15, 0.2) is 243 Å². The van der Waals surface area contributed by atoms with E-state index in [0.717, 1.165) is 33.4 Å². The summed E-state index contributed by atoms with van der Waals surface area (Å²) in [5, 5.41) is 9.86. The largest absolute Gasteiger partial charge is 0.466 e. The van der Waals surface area contributed by atoms with E-state index in [2.05, 4.69) is 29.1 Å². The van der Waals surface area contributed by atoms with Gasteiger partial charge in [0.25, 0.3) is 0 Å². The molecule has 0 bridgehead atoms. The molecule has 20 heteroatoms. The molecule has 106 heavy (non-hydrogen) atoms. The lowest BCUT2D eigenvalue weighted by molar-refractivity contribution is -0.150. The normalized spacial score (nSPS) is 12.3. The fourth-order valence-corrected chi connectivity index (χ4v) is 10.8. The summed E-state index contributed by atoms with van der Waals surface area (Å²) in [6, 6.07) is 54.9. The number of rotatable bonds is 32. The molecule has 0 saturated carbocycles. The van der Waals surface area contributed by atoms with Gasteiger partial charge < -0.3 is 34.9 Å². The summed E-state index contributed by atoms with van der Waals surface area (Å²) in [4.78, 5) is 86.3. The zero-order valence-corrected chi connectivity index (χ0v) is 60.2. The van der Waals surface area contributed by atoms with Crippen LogP contribution in [-0.4, -0.2) is 73.6 Å². The Balaban J connectivity index is 0.000000234. The van der Waals surface area contributed by atoms with Gasteiger partial charge in [-0.05, 0) is 224 Å². The van der Waals surface area contributed by atoms with Crippen LogP contribution in [0, 0.1) is 67.5 Å². The average Bonchev–Trinajstić information content (AvgIpc) is 0.812. The number of esters is 3. The SMILES string of the molecule is C=C(C(=O)OCC)[C@@H](Nc1ccc(F)cc1)c1ccc(C)cc1.C=CCOC(CC(C(=O)OCC)[C@@H](Nc1ccc(F)cc1)c1ccc(C)cc1)C(=O)c1ccc(F)cc1.CC(=O)CC(=O)c1ccc(F)cc1.CCOC(=O)C(CCC(=O)c1ccc(F)cc1)[C@@H](Nc1ccc(F)cc1)c1ccc(C)cc1. The highest BCUT2D eigenvalue weighted by Crippen LogP contribution is 2.35. The number of Topliss-reactive ketones (excluding diaryl/α,β-unsaturated/α-hetero) is 4. The van der Waals surface area contributed by atoms with Gasteiger partial charge in [0.15, 0.2) is 17.3 Å². The van der Waals surface area contributed by atoms with E-state index in [0.29, 0.717) is 33.8 Å². The first-order valence-electron chi connectivity index (χ1n) is 34.3. The molecule has 0 fully saturated rings. The lowest BCUT2D eigenvalue weighted by Gasteiger charge is -2.30. The Bertz CT molecular complexity index is 4320. The smallest absolute Gasteiger partial charge is 0.335 e. The number of hydrogen-bond acceptors (Lipinski definition) is 14. The zero-order chi connectivity index (χ0) is 77.2. The highest BCUT2D eigenvalue weighted by Gasteiger charge is 2.37. The number of aryl methyl sites for hydroxylation is 3. The second-order valence-corrected chi connectivity index (χ2v) is 24.5. The van der Waals surface area contributed by atoms with Crippen LogP contribution >= 0.6 is 0 Å². The van der Waals surface area contributed by atoms with Crippen molar-refractivity contribution >= 4 is 58.1 Å². The quantitative estimate of drug-likeness (QED) is 0.00686. The van der Waals surface area contributed by atoms with Crippen molar-refractivity contribution < 1.29 is 78.9 Å². The summed E-state index contributed by atoms with van der Waals surface area (Å²) in [6.45, 7) is 20.7. The summed E-state index contributed by atoms with van der Waals surface area (Å²) in [5.74, 6) is -6.29. The molecule has 0 radical (unpaired) electrons. The van der Waals surface area contributed by atoms with Gasteiger partial charge in [-0.3, -0.25) is 28.8 Å². The number of carbonyl (C=O) groups is 7. The molecule has 3 N–H and O–H groups in total. The Hall–Kier alpha value is -11.5. The average molecular weight is 1450 g/mol. The lowest BCUT2D eigenvalue weighted by atomic mass is 9.86. The van der Waals surface area contributed by atoms with E-state index in [1.165, 1.54) is 122 Å². The molecule has 9 aromatic carbocycles.